The predicted octanol–water partition coefficient (Wildman–Crippen LogP) is 1.82. The molecule has 0 aliphatic carbocycles. The first-order valence-corrected chi connectivity index (χ1v) is 7.12. The molecule has 0 heterocycles. The molecule has 1 atom stereocenters. The third-order valence-corrected chi connectivity index (χ3v) is 2.71. The summed E-state index contributed by atoms with van der Waals surface area (Å²) in [5.74, 6) is 0.729. The van der Waals surface area contributed by atoms with Crippen molar-refractivity contribution in [2.45, 2.75) is 45.6 Å². The monoisotopic (exact) mass is 261 g/mol. The maximum absolute atomic E-state index is 9.65. The molecule has 0 bridgehead atoms. The normalized spacial score (nSPS) is 13.2. The van der Waals surface area contributed by atoms with E-state index in [-0.39, 0.29) is 0 Å². The molecule has 4 heteroatoms. The fourth-order valence-electron chi connectivity index (χ4n) is 1.64. The van der Waals surface area contributed by atoms with Crippen LogP contribution in [-0.4, -0.2) is 51.2 Å². The van der Waals surface area contributed by atoms with E-state index in [1.165, 1.54) is 6.42 Å². The molecule has 0 aromatic carbocycles. The van der Waals surface area contributed by atoms with Crippen molar-refractivity contribution in [1.82, 2.24) is 5.32 Å². The number of unbranched alkanes of at least 4 members (excludes halogenated alkanes) is 1. The number of rotatable bonds is 13. The second-order valence-corrected chi connectivity index (χ2v) is 5.17. The molecule has 0 saturated carbocycles. The molecule has 0 aromatic rings. The maximum Gasteiger partial charge on any atom is 0.0897 e. The fraction of sp³-hybridized carbons (Fsp3) is 1.00. The van der Waals surface area contributed by atoms with E-state index >= 15 is 0 Å². The minimum atomic E-state index is -0.397. The Labute approximate surface area is 112 Å². The Hall–Kier alpha value is -0.160. The lowest BCUT2D eigenvalue weighted by Crippen LogP contribution is -2.31. The summed E-state index contributed by atoms with van der Waals surface area (Å²) in [7, 11) is 1.72. The first-order chi connectivity index (χ1) is 8.66. The van der Waals surface area contributed by atoms with Crippen LogP contribution in [0.2, 0.25) is 0 Å². The topological polar surface area (TPSA) is 50.7 Å². The number of nitrogens with one attached hydrogen (secondary N) is 1. The molecular formula is C14H31NO3. The molecular weight excluding hydrogens is 230 g/mol. The highest BCUT2D eigenvalue weighted by Gasteiger charge is 2.03. The van der Waals surface area contributed by atoms with Crippen LogP contribution in [0.4, 0.5) is 0 Å². The van der Waals surface area contributed by atoms with Gasteiger partial charge in [0.1, 0.15) is 0 Å². The molecule has 0 radical (unpaired) electrons. The minimum Gasteiger partial charge on any atom is -0.389 e. The van der Waals surface area contributed by atoms with Gasteiger partial charge in [0.15, 0.2) is 0 Å². The Morgan fingerprint density at radius 3 is 2.56 bits per heavy atom. The van der Waals surface area contributed by atoms with Crippen LogP contribution < -0.4 is 5.32 Å². The lowest BCUT2D eigenvalue weighted by atomic mass is 10.1. The highest BCUT2D eigenvalue weighted by molar-refractivity contribution is 4.58. The summed E-state index contributed by atoms with van der Waals surface area (Å²) >= 11 is 0. The van der Waals surface area contributed by atoms with E-state index in [1.54, 1.807) is 7.11 Å². The van der Waals surface area contributed by atoms with Crippen molar-refractivity contribution in [1.29, 1.82) is 0 Å². The average molecular weight is 261 g/mol. The summed E-state index contributed by atoms with van der Waals surface area (Å²) in [6, 6.07) is 0. The van der Waals surface area contributed by atoms with Crippen molar-refractivity contribution >= 4 is 0 Å². The third kappa shape index (κ3) is 13.9. The number of aliphatic hydroxyl groups excluding tert-OH is 1. The molecule has 0 aliphatic heterocycles. The van der Waals surface area contributed by atoms with Gasteiger partial charge in [0, 0.05) is 26.9 Å². The minimum absolute atomic E-state index is 0.397. The zero-order valence-electron chi connectivity index (χ0n) is 12.3. The van der Waals surface area contributed by atoms with Crippen molar-refractivity contribution < 1.29 is 14.6 Å². The van der Waals surface area contributed by atoms with Gasteiger partial charge in [0.05, 0.1) is 12.7 Å². The van der Waals surface area contributed by atoms with Crippen molar-refractivity contribution in [2.24, 2.45) is 5.92 Å². The van der Waals surface area contributed by atoms with E-state index in [0.717, 1.165) is 44.9 Å². The number of hydrogen-bond acceptors (Lipinski definition) is 4. The van der Waals surface area contributed by atoms with Gasteiger partial charge in [-0.25, -0.2) is 0 Å². The largest absolute Gasteiger partial charge is 0.389 e. The van der Waals surface area contributed by atoms with Gasteiger partial charge in [-0.1, -0.05) is 13.8 Å². The lowest BCUT2D eigenvalue weighted by Gasteiger charge is -2.12. The zero-order chi connectivity index (χ0) is 13.6. The van der Waals surface area contributed by atoms with Crippen LogP contribution in [-0.2, 0) is 9.47 Å². The van der Waals surface area contributed by atoms with Crippen LogP contribution >= 0.6 is 0 Å². The van der Waals surface area contributed by atoms with Gasteiger partial charge in [-0.2, -0.15) is 0 Å². The molecule has 0 aliphatic rings. The molecule has 4 nitrogen and oxygen atoms in total. The first kappa shape index (κ1) is 17.8. The van der Waals surface area contributed by atoms with E-state index in [2.05, 4.69) is 19.2 Å². The van der Waals surface area contributed by atoms with E-state index in [9.17, 15) is 5.11 Å². The molecule has 2 N–H and O–H groups in total. The smallest absolute Gasteiger partial charge is 0.0897 e. The molecule has 0 amide bonds. The van der Waals surface area contributed by atoms with Gasteiger partial charge in [-0.05, 0) is 38.1 Å². The van der Waals surface area contributed by atoms with Gasteiger partial charge in [0.2, 0.25) is 0 Å². The van der Waals surface area contributed by atoms with Crippen LogP contribution in [0.25, 0.3) is 0 Å². The van der Waals surface area contributed by atoms with Crippen LogP contribution in [0, 0.1) is 5.92 Å². The standard InChI is InChI=1S/C14H31NO3/c1-13(2)7-6-10-18-12-14(16)11-15-8-4-5-9-17-3/h13-16H,4-12H2,1-3H3. The van der Waals surface area contributed by atoms with Crippen LogP contribution in [0.1, 0.15) is 39.5 Å². The summed E-state index contributed by atoms with van der Waals surface area (Å²) in [6.07, 6.45) is 4.01. The van der Waals surface area contributed by atoms with Crippen molar-refractivity contribution in [3.63, 3.8) is 0 Å². The number of ether oxygens (including phenoxy) is 2. The molecule has 18 heavy (non-hydrogen) atoms. The fourth-order valence-corrected chi connectivity index (χ4v) is 1.64. The molecule has 0 spiro atoms. The molecule has 0 aromatic heterocycles. The van der Waals surface area contributed by atoms with E-state index in [1.807, 2.05) is 0 Å². The Balaban J connectivity index is 3.15. The molecule has 0 saturated heterocycles. The second-order valence-electron chi connectivity index (χ2n) is 5.17. The second kappa shape index (κ2) is 13.3. The van der Waals surface area contributed by atoms with Gasteiger partial charge >= 0.3 is 0 Å². The highest BCUT2D eigenvalue weighted by atomic mass is 16.5. The lowest BCUT2D eigenvalue weighted by molar-refractivity contribution is 0.0348. The highest BCUT2D eigenvalue weighted by Crippen LogP contribution is 2.03. The Morgan fingerprint density at radius 2 is 1.89 bits per heavy atom. The SMILES string of the molecule is COCCCCNCC(O)COCCCC(C)C. The summed E-state index contributed by atoms with van der Waals surface area (Å²) in [4.78, 5) is 0. The number of hydrogen-bond donors (Lipinski definition) is 2. The van der Waals surface area contributed by atoms with E-state index in [4.69, 9.17) is 9.47 Å². The van der Waals surface area contributed by atoms with Crippen LogP contribution in [0.5, 0.6) is 0 Å². The molecule has 0 rings (SSSR count). The summed E-state index contributed by atoms with van der Waals surface area (Å²) in [5.41, 5.74) is 0. The van der Waals surface area contributed by atoms with Crippen molar-refractivity contribution in [2.75, 3.05) is 40.0 Å². The Kier molecular flexibility index (Phi) is 13.2. The predicted molar refractivity (Wildman–Crippen MR) is 74.9 cm³/mol. The molecule has 110 valence electrons. The zero-order valence-corrected chi connectivity index (χ0v) is 12.3. The van der Waals surface area contributed by atoms with Crippen molar-refractivity contribution in [3.05, 3.63) is 0 Å². The summed E-state index contributed by atoms with van der Waals surface area (Å²) in [5, 5.41) is 12.9. The summed E-state index contributed by atoms with van der Waals surface area (Å²) in [6.45, 7) is 7.95. The number of methoxy groups -OCH3 is 1. The first-order valence-electron chi connectivity index (χ1n) is 7.12. The molecule has 1 unspecified atom stereocenters. The van der Waals surface area contributed by atoms with E-state index < -0.39 is 6.10 Å². The van der Waals surface area contributed by atoms with Crippen LogP contribution in [0.15, 0.2) is 0 Å². The van der Waals surface area contributed by atoms with Gasteiger partial charge < -0.3 is 19.9 Å². The van der Waals surface area contributed by atoms with Gasteiger partial charge in [-0.3, -0.25) is 0 Å². The Morgan fingerprint density at radius 1 is 1.11 bits per heavy atom. The van der Waals surface area contributed by atoms with E-state index in [0.29, 0.717) is 13.2 Å². The Bertz CT molecular complexity index is 165. The van der Waals surface area contributed by atoms with Gasteiger partial charge in [-0.15, -0.1) is 0 Å². The van der Waals surface area contributed by atoms with Gasteiger partial charge in [0.25, 0.3) is 0 Å². The quantitative estimate of drug-likeness (QED) is 0.497. The van der Waals surface area contributed by atoms with Crippen LogP contribution in [0.3, 0.4) is 0 Å². The van der Waals surface area contributed by atoms with Crippen molar-refractivity contribution in [3.8, 4) is 0 Å². The average Bonchev–Trinajstić information content (AvgIpc) is 2.33. The summed E-state index contributed by atoms with van der Waals surface area (Å²) < 4.78 is 10.4. The number of aliphatic hydroxyl groups is 1. The molecule has 0 fully saturated rings. The third-order valence-electron chi connectivity index (χ3n) is 2.71. The maximum atomic E-state index is 9.65.